The zero-order chi connectivity index (χ0) is 14.6. The largest absolute Gasteiger partial charge is 0.496 e. The first-order valence-corrected chi connectivity index (χ1v) is 7.23. The van der Waals surface area contributed by atoms with Gasteiger partial charge in [-0.25, -0.2) is 0 Å². The number of hydrogen-bond acceptors (Lipinski definition) is 4. The van der Waals surface area contributed by atoms with Gasteiger partial charge in [-0.05, 0) is 31.0 Å². The Labute approximate surface area is 122 Å². The summed E-state index contributed by atoms with van der Waals surface area (Å²) >= 11 is 0. The first kappa shape index (κ1) is 17.0. The summed E-state index contributed by atoms with van der Waals surface area (Å²) < 4.78 is 16.0. The second-order valence-electron chi connectivity index (χ2n) is 4.73. The van der Waals surface area contributed by atoms with Crippen molar-refractivity contribution in [3.05, 3.63) is 29.8 Å². The van der Waals surface area contributed by atoms with Crippen LogP contribution in [0.15, 0.2) is 24.3 Å². The number of rotatable bonds is 11. The molecule has 4 nitrogen and oxygen atoms in total. The first-order valence-electron chi connectivity index (χ1n) is 7.23. The summed E-state index contributed by atoms with van der Waals surface area (Å²) in [7, 11) is 3.40. The SMILES string of the molecule is CCCNC(COCCOC)Cc1ccccc1OC. The fourth-order valence-corrected chi connectivity index (χ4v) is 2.04. The van der Waals surface area contributed by atoms with Crippen LogP contribution >= 0.6 is 0 Å². The van der Waals surface area contributed by atoms with Crippen molar-refractivity contribution in [1.29, 1.82) is 0 Å². The third-order valence-corrected chi connectivity index (χ3v) is 3.09. The zero-order valence-electron chi connectivity index (χ0n) is 12.9. The molecular weight excluding hydrogens is 254 g/mol. The predicted octanol–water partition coefficient (Wildman–Crippen LogP) is 2.27. The van der Waals surface area contributed by atoms with Gasteiger partial charge < -0.3 is 19.5 Å². The van der Waals surface area contributed by atoms with Crippen LogP contribution in [0.1, 0.15) is 18.9 Å². The molecule has 20 heavy (non-hydrogen) atoms. The number of benzene rings is 1. The molecule has 1 unspecified atom stereocenters. The van der Waals surface area contributed by atoms with E-state index in [1.54, 1.807) is 14.2 Å². The highest BCUT2D eigenvalue weighted by Gasteiger charge is 2.12. The maximum absolute atomic E-state index is 5.65. The molecule has 0 aliphatic heterocycles. The number of nitrogens with one attached hydrogen (secondary N) is 1. The first-order chi connectivity index (χ1) is 9.81. The van der Waals surface area contributed by atoms with E-state index in [1.165, 1.54) is 5.56 Å². The van der Waals surface area contributed by atoms with E-state index in [9.17, 15) is 0 Å². The molecule has 1 atom stereocenters. The standard InChI is InChI=1S/C16H27NO3/c1-4-9-17-15(13-20-11-10-18-2)12-14-7-5-6-8-16(14)19-3/h5-8,15,17H,4,9-13H2,1-3H3. The Bertz CT molecular complexity index is 357. The van der Waals surface area contributed by atoms with Crippen LogP contribution in [0.4, 0.5) is 0 Å². The van der Waals surface area contributed by atoms with E-state index < -0.39 is 0 Å². The van der Waals surface area contributed by atoms with Crippen molar-refractivity contribution in [3.63, 3.8) is 0 Å². The van der Waals surface area contributed by atoms with Crippen LogP contribution in [0, 0.1) is 0 Å². The van der Waals surface area contributed by atoms with Gasteiger partial charge in [0.05, 0.1) is 26.9 Å². The number of ether oxygens (including phenoxy) is 3. The minimum atomic E-state index is 0.295. The van der Waals surface area contributed by atoms with E-state index in [-0.39, 0.29) is 0 Å². The Kier molecular flexibility index (Phi) is 9.04. The van der Waals surface area contributed by atoms with Gasteiger partial charge in [-0.15, -0.1) is 0 Å². The van der Waals surface area contributed by atoms with Gasteiger partial charge in [-0.3, -0.25) is 0 Å². The average molecular weight is 281 g/mol. The Balaban J connectivity index is 2.53. The van der Waals surface area contributed by atoms with Gasteiger partial charge in [-0.2, -0.15) is 0 Å². The van der Waals surface area contributed by atoms with Crippen molar-refractivity contribution in [2.24, 2.45) is 0 Å². The average Bonchev–Trinajstić information content (AvgIpc) is 2.49. The lowest BCUT2D eigenvalue weighted by Crippen LogP contribution is -2.36. The van der Waals surface area contributed by atoms with Crippen LogP contribution in [0.5, 0.6) is 5.75 Å². The van der Waals surface area contributed by atoms with Gasteiger partial charge in [-0.1, -0.05) is 25.1 Å². The fraction of sp³-hybridized carbons (Fsp3) is 0.625. The smallest absolute Gasteiger partial charge is 0.122 e. The van der Waals surface area contributed by atoms with Crippen LogP contribution < -0.4 is 10.1 Å². The normalized spacial score (nSPS) is 12.3. The van der Waals surface area contributed by atoms with Crippen LogP contribution in [0.2, 0.25) is 0 Å². The molecule has 0 saturated carbocycles. The molecule has 0 amide bonds. The van der Waals surface area contributed by atoms with Gasteiger partial charge in [0, 0.05) is 13.2 Å². The van der Waals surface area contributed by atoms with Crippen LogP contribution in [-0.2, 0) is 15.9 Å². The van der Waals surface area contributed by atoms with Crippen molar-refractivity contribution in [2.75, 3.05) is 40.6 Å². The van der Waals surface area contributed by atoms with Crippen LogP contribution in [-0.4, -0.2) is 46.6 Å². The predicted molar refractivity (Wildman–Crippen MR) is 81.5 cm³/mol. The van der Waals surface area contributed by atoms with Crippen LogP contribution in [0.3, 0.4) is 0 Å². The van der Waals surface area contributed by atoms with Crippen molar-refractivity contribution in [1.82, 2.24) is 5.32 Å². The summed E-state index contributed by atoms with van der Waals surface area (Å²) in [6.07, 6.45) is 2.01. The van der Waals surface area contributed by atoms with Gasteiger partial charge in [0.2, 0.25) is 0 Å². The molecule has 1 aromatic carbocycles. The van der Waals surface area contributed by atoms with Crippen molar-refractivity contribution < 1.29 is 14.2 Å². The van der Waals surface area contributed by atoms with Crippen molar-refractivity contribution in [2.45, 2.75) is 25.8 Å². The summed E-state index contributed by atoms with van der Waals surface area (Å²) in [5.74, 6) is 0.938. The summed E-state index contributed by atoms with van der Waals surface area (Å²) in [6, 6.07) is 8.43. The van der Waals surface area contributed by atoms with Crippen molar-refractivity contribution >= 4 is 0 Å². The van der Waals surface area contributed by atoms with E-state index in [2.05, 4.69) is 18.3 Å². The second-order valence-corrected chi connectivity index (χ2v) is 4.73. The molecule has 1 rings (SSSR count). The Morgan fingerprint density at radius 3 is 2.65 bits per heavy atom. The molecule has 0 aromatic heterocycles. The minimum Gasteiger partial charge on any atom is -0.496 e. The Hall–Kier alpha value is -1.10. The molecular formula is C16H27NO3. The quantitative estimate of drug-likeness (QED) is 0.632. The highest BCUT2D eigenvalue weighted by molar-refractivity contribution is 5.33. The van der Waals surface area contributed by atoms with E-state index in [0.717, 1.165) is 25.1 Å². The van der Waals surface area contributed by atoms with E-state index >= 15 is 0 Å². The molecule has 1 N–H and O–H groups in total. The number of hydrogen-bond donors (Lipinski definition) is 1. The lowest BCUT2D eigenvalue weighted by Gasteiger charge is -2.20. The van der Waals surface area contributed by atoms with E-state index in [0.29, 0.717) is 25.9 Å². The fourth-order valence-electron chi connectivity index (χ4n) is 2.04. The molecule has 0 spiro atoms. The summed E-state index contributed by atoms with van der Waals surface area (Å²) in [6.45, 7) is 5.11. The third kappa shape index (κ3) is 6.37. The Morgan fingerprint density at radius 1 is 1.15 bits per heavy atom. The monoisotopic (exact) mass is 281 g/mol. The van der Waals surface area contributed by atoms with Gasteiger partial charge in [0.15, 0.2) is 0 Å². The molecule has 0 aliphatic rings. The van der Waals surface area contributed by atoms with E-state index in [4.69, 9.17) is 14.2 Å². The minimum absolute atomic E-state index is 0.295. The molecule has 0 fully saturated rings. The third-order valence-electron chi connectivity index (χ3n) is 3.09. The Morgan fingerprint density at radius 2 is 1.95 bits per heavy atom. The molecule has 1 aromatic rings. The lowest BCUT2D eigenvalue weighted by molar-refractivity contribution is 0.0586. The van der Waals surface area contributed by atoms with E-state index in [1.807, 2.05) is 18.2 Å². The summed E-state index contributed by atoms with van der Waals surface area (Å²) in [5.41, 5.74) is 1.21. The van der Waals surface area contributed by atoms with Gasteiger partial charge in [0.1, 0.15) is 5.75 Å². The lowest BCUT2D eigenvalue weighted by atomic mass is 10.1. The number of para-hydroxylation sites is 1. The molecule has 0 aliphatic carbocycles. The van der Waals surface area contributed by atoms with Crippen molar-refractivity contribution in [3.8, 4) is 5.75 Å². The maximum Gasteiger partial charge on any atom is 0.122 e. The summed E-state index contributed by atoms with van der Waals surface area (Å²) in [4.78, 5) is 0. The van der Waals surface area contributed by atoms with Crippen LogP contribution in [0.25, 0.3) is 0 Å². The topological polar surface area (TPSA) is 39.7 Å². The van der Waals surface area contributed by atoms with Gasteiger partial charge >= 0.3 is 0 Å². The zero-order valence-corrected chi connectivity index (χ0v) is 12.9. The molecule has 0 radical (unpaired) electrons. The van der Waals surface area contributed by atoms with Gasteiger partial charge in [0.25, 0.3) is 0 Å². The maximum atomic E-state index is 5.65. The molecule has 0 heterocycles. The highest BCUT2D eigenvalue weighted by Crippen LogP contribution is 2.19. The highest BCUT2D eigenvalue weighted by atomic mass is 16.5. The number of methoxy groups -OCH3 is 2. The molecule has 0 bridgehead atoms. The molecule has 114 valence electrons. The molecule has 0 saturated heterocycles. The second kappa shape index (κ2) is 10.7. The summed E-state index contributed by atoms with van der Waals surface area (Å²) in [5, 5.41) is 3.52. The molecule has 4 heteroatoms.